The van der Waals surface area contributed by atoms with E-state index in [9.17, 15) is 4.79 Å². The quantitative estimate of drug-likeness (QED) is 0.806. The van der Waals surface area contributed by atoms with Gasteiger partial charge in [-0.15, -0.1) is 0 Å². The summed E-state index contributed by atoms with van der Waals surface area (Å²) in [5.74, 6) is -0.347. The van der Waals surface area contributed by atoms with Gasteiger partial charge < -0.3 is 16.2 Å². The molecule has 1 aliphatic heterocycles. The van der Waals surface area contributed by atoms with Crippen molar-refractivity contribution in [1.82, 2.24) is 4.90 Å². The van der Waals surface area contributed by atoms with Crippen molar-refractivity contribution in [1.29, 1.82) is 0 Å². The van der Waals surface area contributed by atoms with Crippen molar-refractivity contribution in [2.24, 2.45) is 5.73 Å². The van der Waals surface area contributed by atoms with E-state index in [-0.39, 0.29) is 11.9 Å². The van der Waals surface area contributed by atoms with Gasteiger partial charge in [0.2, 0.25) is 5.91 Å². The van der Waals surface area contributed by atoms with Gasteiger partial charge in [0.15, 0.2) is 0 Å². The SMILES string of the molecule is NC(=O)C1COCCN1Cc1ccc(Br)c(N)c1. The normalized spacial score (nSPS) is 20.8. The molecule has 1 unspecified atom stereocenters. The van der Waals surface area contributed by atoms with Crippen LogP contribution in [0.3, 0.4) is 0 Å². The molecule has 1 saturated heterocycles. The van der Waals surface area contributed by atoms with Crippen molar-refractivity contribution in [2.45, 2.75) is 12.6 Å². The number of morpholine rings is 1. The number of carbonyl (C=O) groups excluding carboxylic acids is 1. The van der Waals surface area contributed by atoms with Crippen LogP contribution in [0.4, 0.5) is 5.69 Å². The Hall–Kier alpha value is -1.11. The standard InChI is InChI=1S/C12H16BrN3O2/c13-9-2-1-8(5-10(9)14)6-16-3-4-18-7-11(16)12(15)17/h1-2,5,11H,3-4,6-7,14H2,(H2,15,17). The average molecular weight is 314 g/mol. The van der Waals surface area contributed by atoms with Crippen LogP contribution in [0.5, 0.6) is 0 Å². The minimum absolute atomic E-state index is 0.347. The summed E-state index contributed by atoms with van der Waals surface area (Å²) in [5.41, 5.74) is 13.0. The van der Waals surface area contributed by atoms with Crippen LogP contribution in [0.2, 0.25) is 0 Å². The topological polar surface area (TPSA) is 81.6 Å². The summed E-state index contributed by atoms with van der Waals surface area (Å²) in [6.45, 7) is 2.33. The lowest BCUT2D eigenvalue weighted by Gasteiger charge is -2.33. The van der Waals surface area contributed by atoms with Crippen LogP contribution < -0.4 is 11.5 Å². The molecular weight excluding hydrogens is 298 g/mol. The predicted molar refractivity (Wildman–Crippen MR) is 72.8 cm³/mol. The highest BCUT2D eigenvalue weighted by Crippen LogP contribution is 2.22. The Balaban J connectivity index is 2.10. The zero-order chi connectivity index (χ0) is 13.1. The third-order valence-electron chi connectivity index (χ3n) is 3.01. The van der Waals surface area contributed by atoms with Crippen LogP contribution in [-0.2, 0) is 16.1 Å². The van der Waals surface area contributed by atoms with E-state index < -0.39 is 0 Å². The second kappa shape index (κ2) is 5.69. The van der Waals surface area contributed by atoms with Gasteiger partial charge in [0.05, 0.1) is 13.2 Å². The molecule has 1 aromatic rings. The van der Waals surface area contributed by atoms with Gasteiger partial charge in [-0.3, -0.25) is 9.69 Å². The first-order chi connectivity index (χ1) is 8.58. The monoisotopic (exact) mass is 313 g/mol. The summed E-state index contributed by atoms with van der Waals surface area (Å²) in [5, 5.41) is 0. The van der Waals surface area contributed by atoms with Crippen molar-refractivity contribution in [2.75, 3.05) is 25.5 Å². The smallest absolute Gasteiger partial charge is 0.237 e. The van der Waals surface area contributed by atoms with E-state index in [1.54, 1.807) is 0 Å². The van der Waals surface area contributed by atoms with Crippen LogP contribution >= 0.6 is 15.9 Å². The number of anilines is 1. The first-order valence-corrected chi connectivity index (χ1v) is 6.52. The molecule has 18 heavy (non-hydrogen) atoms. The molecule has 1 atom stereocenters. The number of nitrogens with zero attached hydrogens (tertiary/aromatic N) is 1. The molecule has 1 aliphatic rings. The van der Waals surface area contributed by atoms with Gasteiger partial charge in [-0.2, -0.15) is 0 Å². The molecule has 6 heteroatoms. The van der Waals surface area contributed by atoms with Crippen LogP contribution in [0.25, 0.3) is 0 Å². The van der Waals surface area contributed by atoms with E-state index >= 15 is 0 Å². The van der Waals surface area contributed by atoms with E-state index in [1.165, 1.54) is 0 Å². The molecule has 1 fully saturated rings. The molecule has 4 N–H and O–H groups in total. The van der Waals surface area contributed by atoms with Gasteiger partial charge in [0.1, 0.15) is 6.04 Å². The third-order valence-corrected chi connectivity index (χ3v) is 3.74. The van der Waals surface area contributed by atoms with E-state index in [4.69, 9.17) is 16.2 Å². The molecule has 0 spiro atoms. The Morgan fingerprint density at radius 2 is 2.33 bits per heavy atom. The first-order valence-electron chi connectivity index (χ1n) is 5.73. The number of primary amides is 1. The fraction of sp³-hybridized carbons (Fsp3) is 0.417. The Morgan fingerprint density at radius 1 is 1.56 bits per heavy atom. The molecule has 5 nitrogen and oxygen atoms in total. The lowest BCUT2D eigenvalue weighted by molar-refractivity contribution is -0.129. The van der Waals surface area contributed by atoms with Crippen molar-refractivity contribution in [3.63, 3.8) is 0 Å². The zero-order valence-electron chi connectivity index (χ0n) is 9.93. The number of ether oxygens (including phenoxy) is 1. The summed E-state index contributed by atoms with van der Waals surface area (Å²) < 4.78 is 6.15. The maximum atomic E-state index is 11.3. The highest BCUT2D eigenvalue weighted by atomic mass is 79.9. The molecule has 0 aromatic heterocycles. The number of nitrogens with two attached hydrogens (primary N) is 2. The molecule has 1 amide bonds. The Bertz CT molecular complexity index is 453. The van der Waals surface area contributed by atoms with Crippen LogP contribution in [0, 0.1) is 0 Å². The summed E-state index contributed by atoms with van der Waals surface area (Å²) in [6.07, 6.45) is 0. The molecule has 0 radical (unpaired) electrons. The third kappa shape index (κ3) is 3.01. The Kier molecular flexibility index (Phi) is 4.21. The largest absolute Gasteiger partial charge is 0.398 e. The number of rotatable bonds is 3. The van der Waals surface area contributed by atoms with Crippen LogP contribution in [0.15, 0.2) is 22.7 Å². The summed E-state index contributed by atoms with van der Waals surface area (Å²) in [6, 6.07) is 5.43. The average Bonchev–Trinajstić information content (AvgIpc) is 2.34. The van der Waals surface area contributed by atoms with Gasteiger partial charge in [-0.05, 0) is 33.6 Å². The number of carbonyl (C=O) groups is 1. The zero-order valence-corrected chi connectivity index (χ0v) is 11.5. The summed E-state index contributed by atoms with van der Waals surface area (Å²) in [4.78, 5) is 13.4. The maximum Gasteiger partial charge on any atom is 0.237 e. The number of nitrogen functional groups attached to an aromatic ring is 1. The predicted octanol–water partition coefficient (Wildman–Crippen LogP) is 0.717. The lowest BCUT2D eigenvalue weighted by Crippen LogP contribution is -2.51. The fourth-order valence-electron chi connectivity index (χ4n) is 2.02. The molecule has 1 aromatic carbocycles. The Morgan fingerprint density at radius 3 is 3.00 bits per heavy atom. The number of amides is 1. The minimum Gasteiger partial charge on any atom is -0.398 e. The van der Waals surface area contributed by atoms with E-state index in [2.05, 4.69) is 15.9 Å². The fourth-order valence-corrected chi connectivity index (χ4v) is 2.26. The summed E-state index contributed by atoms with van der Waals surface area (Å²) >= 11 is 3.36. The first kappa shape index (κ1) is 13.3. The van der Waals surface area contributed by atoms with Gasteiger partial charge in [-0.1, -0.05) is 6.07 Å². The molecule has 0 aliphatic carbocycles. The highest BCUT2D eigenvalue weighted by molar-refractivity contribution is 9.10. The number of benzene rings is 1. The molecule has 98 valence electrons. The summed E-state index contributed by atoms with van der Waals surface area (Å²) in [7, 11) is 0. The maximum absolute atomic E-state index is 11.3. The number of hydrogen-bond donors (Lipinski definition) is 2. The van der Waals surface area contributed by atoms with Gasteiger partial charge in [-0.25, -0.2) is 0 Å². The van der Waals surface area contributed by atoms with Crippen LogP contribution in [-0.4, -0.2) is 36.6 Å². The second-order valence-electron chi connectivity index (χ2n) is 4.32. The Labute approximate surface area is 114 Å². The molecule has 1 heterocycles. The van der Waals surface area contributed by atoms with E-state index in [0.29, 0.717) is 32.0 Å². The molecule has 0 bridgehead atoms. The van der Waals surface area contributed by atoms with Crippen molar-refractivity contribution < 1.29 is 9.53 Å². The van der Waals surface area contributed by atoms with Crippen LogP contribution in [0.1, 0.15) is 5.56 Å². The van der Waals surface area contributed by atoms with E-state index in [1.807, 2.05) is 23.1 Å². The van der Waals surface area contributed by atoms with Crippen molar-refractivity contribution in [3.8, 4) is 0 Å². The highest BCUT2D eigenvalue weighted by Gasteiger charge is 2.27. The second-order valence-corrected chi connectivity index (χ2v) is 5.17. The minimum atomic E-state index is -0.358. The molecule has 2 rings (SSSR count). The van der Waals surface area contributed by atoms with Gasteiger partial charge in [0.25, 0.3) is 0 Å². The molecular formula is C12H16BrN3O2. The van der Waals surface area contributed by atoms with Crippen molar-refractivity contribution >= 4 is 27.5 Å². The van der Waals surface area contributed by atoms with Gasteiger partial charge in [0, 0.05) is 23.2 Å². The molecule has 0 saturated carbocycles. The van der Waals surface area contributed by atoms with Gasteiger partial charge >= 0.3 is 0 Å². The van der Waals surface area contributed by atoms with Crippen molar-refractivity contribution in [3.05, 3.63) is 28.2 Å². The number of hydrogen-bond acceptors (Lipinski definition) is 4. The lowest BCUT2D eigenvalue weighted by atomic mass is 10.1. The number of halogens is 1. The van der Waals surface area contributed by atoms with E-state index in [0.717, 1.165) is 10.0 Å².